The summed E-state index contributed by atoms with van der Waals surface area (Å²) >= 11 is 0. The van der Waals surface area contributed by atoms with Crippen LogP contribution in [0, 0.1) is 0 Å². The molecule has 0 saturated heterocycles. The number of rotatable bonds is 5. The summed E-state index contributed by atoms with van der Waals surface area (Å²) in [6.45, 7) is 8.53. The Kier molecular flexibility index (Phi) is 4.98. The predicted molar refractivity (Wildman–Crippen MR) is 104 cm³/mol. The van der Waals surface area contributed by atoms with E-state index in [9.17, 15) is 0 Å². The molecule has 1 atom stereocenters. The summed E-state index contributed by atoms with van der Waals surface area (Å²) in [5, 5.41) is 7.12. The van der Waals surface area contributed by atoms with Gasteiger partial charge in [-0.2, -0.15) is 0 Å². The Balaban J connectivity index is 1.99. The van der Waals surface area contributed by atoms with Gasteiger partial charge >= 0.3 is 0 Å². The highest BCUT2D eigenvalue weighted by Crippen LogP contribution is 2.37. The number of allylic oxidation sites excluding steroid dienone is 1. The third kappa shape index (κ3) is 3.20. The normalized spacial score (nSPS) is 17.2. The minimum absolute atomic E-state index is 0.0525. The van der Waals surface area contributed by atoms with Crippen LogP contribution >= 0.6 is 0 Å². The van der Waals surface area contributed by atoms with Crippen molar-refractivity contribution in [1.82, 2.24) is 5.32 Å². The fraction of sp³-hybridized carbons (Fsp3) is 0.238. The molecule has 0 aromatic heterocycles. The van der Waals surface area contributed by atoms with E-state index < -0.39 is 0 Å². The van der Waals surface area contributed by atoms with Crippen molar-refractivity contribution in [2.75, 3.05) is 19.0 Å². The lowest BCUT2D eigenvalue weighted by Crippen LogP contribution is -2.32. The lowest BCUT2D eigenvalue weighted by atomic mass is 9.97. The van der Waals surface area contributed by atoms with Crippen molar-refractivity contribution in [2.45, 2.75) is 20.0 Å². The second-order valence-corrected chi connectivity index (χ2v) is 5.74. The molecule has 0 bridgehead atoms. The zero-order valence-corrected chi connectivity index (χ0v) is 14.9. The van der Waals surface area contributed by atoms with Crippen molar-refractivity contribution < 1.29 is 9.47 Å². The smallest absolute Gasteiger partial charge is 0.161 e. The second kappa shape index (κ2) is 7.34. The maximum Gasteiger partial charge on any atom is 0.161 e. The maximum atomic E-state index is 5.61. The number of hydrogen-bond acceptors (Lipinski definition) is 4. The molecule has 3 rings (SSSR count). The van der Waals surface area contributed by atoms with E-state index in [-0.39, 0.29) is 6.17 Å². The minimum atomic E-state index is -0.0525. The van der Waals surface area contributed by atoms with Gasteiger partial charge in [0.2, 0.25) is 0 Å². The largest absolute Gasteiger partial charge is 0.493 e. The first-order chi connectivity index (χ1) is 12.2. The van der Waals surface area contributed by atoms with Gasteiger partial charge in [-0.3, -0.25) is 0 Å². The number of benzene rings is 2. The topological polar surface area (TPSA) is 42.5 Å². The Morgan fingerprint density at radius 3 is 2.68 bits per heavy atom. The van der Waals surface area contributed by atoms with Crippen LogP contribution in [0.1, 0.15) is 36.7 Å². The molecule has 0 radical (unpaired) electrons. The second-order valence-electron chi connectivity index (χ2n) is 5.74. The van der Waals surface area contributed by atoms with E-state index in [0.29, 0.717) is 6.61 Å². The highest BCUT2D eigenvalue weighted by molar-refractivity contribution is 5.84. The van der Waals surface area contributed by atoms with Crippen molar-refractivity contribution in [3.8, 4) is 11.5 Å². The van der Waals surface area contributed by atoms with Gasteiger partial charge in [0.1, 0.15) is 6.17 Å². The average molecular weight is 336 g/mol. The molecule has 2 N–H and O–H groups in total. The number of anilines is 1. The number of fused-ring (bicyclic) bond motifs is 1. The van der Waals surface area contributed by atoms with Gasteiger partial charge in [-0.25, -0.2) is 0 Å². The van der Waals surface area contributed by atoms with Gasteiger partial charge < -0.3 is 20.1 Å². The van der Waals surface area contributed by atoms with Crippen molar-refractivity contribution in [1.29, 1.82) is 0 Å². The third-order valence-electron chi connectivity index (χ3n) is 4.30. The van der Waals surface area contributed by atoms with Gasteiger partial charge in [0.15, 0.2) is 11.5 Å². The number of ether oxygens (including phenoxy) is 2. The van der Waals surface area contributed by atoms with Crippen molar-refractivity contribution in [3.63, 3.8) is 0 Å². The summed E-state index contributed by atoms with van der Waals surface area (Å²) in [5.41, 5.74) is 5.50. The Labute approximate surface area is 149 Å². The Morgan fingerprint density at radius 1 is 1.16 bits per heavy atom. The van der Waals surface area contributed by atoms with Crippen LogP contribution in [-0.2, 0) is 0 Å². The van der Waals surface area contributed by atoms with Crippen LogP contribution in [0.15, 0.2) is 49.1 Å². The molecule has 1 aliphatic heterocycles. The highest BCUT2D eigenvalue weighted by Gasteiger charge is 2.24. The van der Waals surface area contributed by atoms with E-state index in [1.165, 1.54) is 0 Å². The SMILES string of the molecule is C=Cc1cccc2c1/C(=C\C)NC(c1ccc(OCC)c(OC)c1)N2. The summed E-state index contributed by atoms with van der Waals surface area (Å²) in [7, 11) is 1.66. The lowest BCUT2D eigenvalue weighted by Gasteiger charge is -2.32. The summed E-state index contributed by atoms with van der Waals surface area (Å²) in [6.07, 6.45) is 3.92. The highest BCUT2D eigenvalue weighted by atomic mass is 16.5. The van der Waals surface area contributed by atoms with Gasteiger partial charge in [-0.15, -0.1) is 0 Å². The molecule has 0 aliphatic carbocycles. The van der Waals surface area contributed by atoms with Crippen LogP contribution in [0.25, 0.3) is 11.8 Å². The van der Waals surface area contributed by atoms with Crippen LogP contribution < -0.4 is 20.1 Å². The fourth-order valence-corrected chi connectivity index (χ4v) is 3.11. The molecule has 1 heterocycles. The van der Waals surface area contributed by atoms with Crippen molar-refractivity contribution >= 4 is 17.5 Å². The molecular formula is C21H24N2O2. The van der Waals surface area contributed by atoms with Gasteiger partial charge in [0.05, 0.1) is 13.7 Å². The predicted octanol–water partition coefficient (Wildman–Crippen LogP) is 4.81. The molecule has 25 heavy (non-hydrogen) atoms. The van der Waals surface area contributed by atoms with Crippen LogP contribution in [-0.4, -0.2) is 13.7 Å². The van der Waals surface area contributed by atoms with E-state index >= 15 is 0 Å². The van der Waals surface area contributed by atoms with Gasteiger partial charge in [-0.05, 0) is 43.2 Å². The first kappa shape index (κ1) is 17.0. The summed E-state index contributed by atoms with van der Waals surface area (Å²) < 4.78 is 11.1. The van der Waals surface area contributed by atoms with Crippen LogP contribution in [0.5, 0.6) is 11.5 Å². The Hall–Kier alpha value is -2.88. The van der Waals surface area contributed by atoms with Gasteiger partial charge in [0.25, 0.3) is 0 Å². The van der Waals surface area contributed by atoms with Gasteiger partial charge in [0, 0.05) is 16.9 Å². The van der Waals surface area contributed by atoms with E-state index in [2.05, 4.69) is 35.4 Å². The van der Waals surface area contributed by atoms with Crippen LogP contribution in [0.4, 0.5) is 5.69 Å². The van der Waals surface area contributed by atoms with E-state index in [1.807, 2.05) is 44.2 Å². The standard InChI is InChI=1S/C21H24N2O2/c1-5-14-9-8-10-17-20(14)16(6-2)22-21(23-17)15-11-12-18(25-7-3)19(13-15)24-4/h5-6,8-13,21-23H,1,7H2,2-4H3/b16-6+. The van der Waals surface area contributed by atoms with Crippen molar-refractivity contribution in [2.24, 2.45) is 0 Å². The lowest BCUT2D eigenvalue weighted by molar-refractivity contribution is 0.310. The monoisotopic (exact) mass is 336 g/mol. The van der Waals surface area contributed by atoms with E-state index in [4.69, 9.17) is 9.47 Å². The molecule has 0 saturated carbocycles. The maximum absolute atomic E-state index is 5.61. The number of nitrogens with one attached hydrogen (secondary N) is 2. The molecule has 2 aromatic carbocycles. The Bertz CT molecular complexity index is 812. The summed E-state index contributed by atoms with van der Waals surface area (Å²) in [4.78, 5) is 0. The first-order valence-electron chi connectivity index (χ1n) is 8.47. The molecule has 1 unspecified atom stereocenters. The molecule has 130 valence electrons. The quantitative estimate of drug-likeness (QED) is 0.822. The number of hydrogen-bond donors (Lipinski definition) is 2. The molecule has 4 heteroatoms. The van der Waals surface area contributed by atoms with Crippen LogP contribution in [0.3, 0.4) is 0 Å². The van der Waals surface area contributed by atoms with Gasteiger partial charge in [-0.1, -0.05) is 36.9 Å². The van der Waals surface area contributed by atoms with Crippen LogP contribution in [0.2, 0.25) is 0 Å². The van der Waals surface area contributed by atoms with E-state index in [0.717, 1.165) is 39.6 Å². The summed E-state index contributed by atoms with van der Waals surface area (Å²) in [6, 6.07) is 12.2. The molecule has 4 nitrogen and oxygen atoms in total. The Morgan fingerprint density at radius 2 is 2.00 bits per heavy atom. The van der Waals surface area contributed by atoms with Crippen molar-refractivity contribution in [3.05, 3.63) is 65.7 Å². The molecule has 0 amide bonds. The molecule has 0 spiro atoms. The zero-order valence-electron chi connectivity index (χ0n) is 14.9. The molecule has 0 fully saturated rings. The zero-order chi connectivity index (χ0) is 17.8. The first-order valence-corrected chi connectivity index (χ1v) is 8.47. The fourth-order valence-electron chi connectivity index (χ4n) is 3.11. The average Bonchev–Trinajstić information content (AvgIpc) is 2.67. The third-order valence-corrected chi connectivity index (χ3v) is 4.30. The molecule has 2 aromatic rings. The summed E-state index contributed by atoms with van der Waals surface area (Å²) in [5.74, 6) is 1.49. The molecule has 1 aliphatic rings. The minimum Gasteiger partial charge on any atom is -0.493 e. The van der Waals surface area contributed by atoms with E-state index in [1.54, 1.807) is 7.11 Å². The number of methoxy groups -OCH3 is 1. The molecular weight excluding hydrogens is 312 g/mol.